The second-order valence-electron chi connectivity index (χ2n) is 13.0. The molecule has 3 aliphatic rings. The van der Waals surface area contributed by atoms with Crippen molar-refractivity contribution in [2.45, 2.75) is 99.0 Å². The van der Waals surface area contributed by atoms with E-state index < -0.39 is 143 Å². The van der Waals surface area contributed by atoms with E-state index in [4.69, 9.17) is 34.2 Å². The maximum atomic E-state index is 13.6. The summed E-state index contributed by atoms with van der Waals surface area (Å²) in [5.74, 6) is -2.29. The van der Waals surface area contributed by atoms with E-state index in [-0.39, 0.29) is 39.5 Å². The van der Waals surface area contributed by atoms with Gasteiger partial charge in [-0.05, 0) is 6.92 Å². The summed E-state index contributed by atoms with van der Waals surface area (Å²) >= 11 is 0. The number of rotatable bonds is 20. The van der Waals surface area contributed by atoms with Gasteiger partial charge in [-0.3, -0.25) is 19.3 Å². The van der Waals surface area contributed by atoms with Gasteiger partial charge in [0.05, 0.1) is 58.8 Å². The van der Waals surface area contributed by atoms with E-state index in [0.29, 0.717) is 0 Å². The van der Waals surface area contributed by atoms with Crippen molar-refractivity contribution >= 4 is 17.7 Å². The Morgan fingerprint density at radius 1 is 0.611 bits per heavy atom. The van der Waals surface area contributed by atoms with Crippen LogP contribution in [-0.4, -0.2) is 248 Å². The topological polar surface area (TPSA) is 374 Å². The molecular formula is C30H54N4O20. The molecule has 24 heteroatoms. The first-order valence-corrected chi connectivity index (χ1v) is 17.2. The number of ether oxygens (including phenoxy) is 6. The maximum Gasteiger partial charge on any atom is 0.236 e. The smallest absolute Gasteiger partial charge is 0.236 e. The van der Waals surface area contributed by atoms with Crippen molar-refractivity contribution in [1.29, 1.82) is 0 Å². The zero-order valence-corrected chi connectivity index (χ0v) is 29.5. The van der Waals surface area contributed by atoms with Gasteiger partial charge < -0.3 is 101 Å². The number of carbonyl (C=O) groups is 3. The van der Waals surface area contributed by atoms with Gasteiger partial charge in [-0.25, -0.2) is 0 Å². The first-order valence-electron chi connectivity index (χ1n) is 17.2. The molecule has 15 atom stereocenters. The lowest BCUT2D eigenvalue weighted by atomic mass is 9.99. The Morgan fingerprint density at radius 3 is 1.52 bits per heavy atom. The Morgan fingerprint density at radius 2 is 1.06 bits per heavy atom. The van der Waals surface area contributed by atoms with Gasteiger partial charge in [0, 0.05) is 19.6 Å². The van der Waals surface area contributed by atoms with Crippen LogP contribution in [0.1, 0.15) is 6.92 Å². The third-order valence-corrected chi connectivity index (χ3v) is 8.96. The molecule has 3 heterocycles. The van der Waals surface area contributed by atoms with Gasteiger partial charge in [-0.15, -0.1) is 0 Å². The second-order valence-corrected chi connectivity index (χ2v) is 13.0. The number of nitrogens with one attached hydrogen (secondary N) is 1. The summed E-state index contributed by atoms with van der Waals surface area (Å²) in [6.07, 6.45) is -22.4. The van der Waals surface area contributed by atoms with Crippen molar-refractivity contribution in [1.82, 2.24) is 15.1 Å². The minimum Gasteiger partial charge on any atom is -0.394 e. The van der Waals surface area contributed by atoms with Crippen LogP contribution in [0.4, 0.5) is 0 Å². The number of nitrogens with zero attached hydrogens (tertiary/aromatic N) is 2. The Hall–Kier alpha value is -2.31. The summed E-state index contributed by atoms with van der Waals surface area (Å²) in [7, 11) is 0. The number of hydrogen-bond acceptors (Lipinski definition) is 21. The monoisotopic (exact) mass is 790 g/mol. The first kappa shape index (κ1) is 46.1. The molecule has 14 N–H and O–H groups in total. The molecule has 0 saturated carbocycles. The number of primary amides is 1. The molecule has 3 aliphatic heterocycles. The molecule has 314 valence electrons. The summed E-state index contributed by atoms with van der Waals surface area (Å²) in [5, 5.41) is 112. The van der Waals surface area contributed by atoms with Crippen LogP contribution in [0.2, 0.25) is 0 Å². The fourth-order valence-corrected chi connectivity index (χ4v) is 5.78. The number of carbonyl (C=O) groups excluding carboxylic acids is 3. The molecular weight excluding hydrogens is 736 g/mol. The molecule has 0 unspecified atom stereocenters. The van der Waals surface area contributed by atoms with E-state index in [1.807, 2.05) is 0 Å². The maximum absolute atomic E-state index is 13.6. The highest BCUT2D eigenvalue weighted by atomic mass is 16.7. The van der Waals surface area contributed by atoms with Crippen LogP contribution in [0.5, 0.6) is 0 Å². The van der Waals surface area contributed by atoms with Crippen LogP contribution in [-0.2, 0) is 42.8 Å². The Balaban J connectivity index is 1.61. The van der Waals surface area contributed by atoms with Crippen molar-refractivity contribution in [2.75, 3.05) is 72.3 Å². The summed E-state index contributed by atoms with van der Waals surface area (Å²) in [6.45, 7) is -3.25. The SMILES string of the molecule is C[C@@H]1O[C@@H](OCCNC(=O)CN(CC(N)=O)CC(=O)N(CCO[C@H]2O[C@H](CO)[C@@H](O)[C@H](O)[C@@H]2O)CCO[C@H]2O[C@H](CO)[C@@H](O)[C@H](O)[C@@H]2O)[C@@H](O)[C@H](O)[C@@H]1O. The van der Waals surface area contributed by atoms with E-state index >= 15 is 0 Å². The van der Waals surface area contributed by atoms with Crippen LogP contribution in [0.3, 0.4) is 0 Å². The molecule has 24 nitrogen and oxygen atoms in total. The summed E-state index contributed by atoms with van der Waals surface area (Å²) in [6, 6.07) is 0. The summed E-state index contributed by atoms with van der Waals surface area (Å²) < 4.78 is 32.3. The van der Waals surface area contributed by atoms with Gasteiger partial charge in [-0.1, -0.05) is 0 Å². The van der Waals surface area contributed by atoms with Crippen molar-refractivity contribution < 1.29 is 99.0 Å². The normalized spacial score (nSPS) is 37.2. The number of nitrogens with two attached hydrogens (primary N) is 1. The first-order chi connectivity index (χ1) is 25.5. The van der Waals surface area contributed by atoms with E-state index in [1.54, 1.807) is 0 Å². The van der Waals surface area contributed by atoms with Crippen LogP contribution in [0.25, 0.3) is 0 Å². The largest absolute Gasteiger partial charge is 0.394 e. The van der Waals surface area contributed by atoms with Gasteiger partial charge in [0.25, 0.3) is 0 Å². The fourth-order valence-electron chi connectivity index (χ4n) is 5.78. The van der Waals surface area contributed by atoms with Gasteiger partial charge in [-0.2, -0.15) is 0 Å². The Kier molecular flexibility index (Phi) is 18.6. The second kappa shape index (κ2) is 21.8. The van der Waals surface area contributed by atoms with Crippen molar-refractivity contribution in [3.05, 3.63) is 0 Å². The molecule has 0 aromatic carbocycles. The van der Waals surface area contributed by atoms with Gasteiger partial charge >= 0.3 is 0 Å². The highest BCUT2D eigenvalue weighted by Crippen LogP contribution is 2.24. The molecule has 0 aliphatic carbocycles. The van der Waals surface area contributed by atoms with Crippen molar-refractivity contribution in [3.63, 3.8) is 0 Å². The van der Waals surface area contributed by atoms with E-state index in [2.05, 4.69) is 5.32 Å². The van der Waals surface area contributed by atoms with Crippen LogP contribution < -0.4 is 11.1 Å². The fraction of sp³-hybridized carbons (Fsp3) is 0.900. The molecule has 0 spiro atoms. The minimum absolute atomic E-state index is 0.131. The zero-order chi connectivity index (χ0) is 40.3. The predicted molar refractivity (Wildman–Crippen MR) is 173 cm³/mol. The van der Waals surface area contributed by atoms with Gasteiger partial charge in [0.2, 0.25) is 17.7 Å². The standard InChI is InChI=1S/C30H54N4O20/c1-13-19(40)22(43)25(46)28(52-13)49-5-2-32-17(38)9-33(8-16(31)37)10-18(39)34(3-6-50-29-26(47)23(44)20(41)14(11-35)53-29)4-7-51-30-27(48)24(45)21(42)15(12-36)54-30/h13-15,19-30,35-36,40-48H,2-12H2,1H3,(H2,31,37)(H,32,38)/t13-,14+,15+,19+,20+,21+,22+,23-,24-,25-,26-,27-,28+,29-,30-/m0/s1. The molecule has 0 bridgehead atoms. The zero-order valence-electron chi connectivity index (χ0n) is 29.5. The third-order valence-electron chi connectivity index (χ3n) is 8.96. The number of amides is 3. The summed E-state index contributed by atoms with van der Waals surface area (Å²) in [4.78, 5) is 40.4. The molecule has 3 amide bonds. The minimum atomic E-state index is -1.74. The molecule has 3 fully saturated rings. The number of aliphatic hydroxyl groups excluding tert-OH is 11. The lowest BCUT2D eigenvalue weighted by Gasteiger charge is -2.40. The van der Waals surface area contributed by atoms with Crippen molar-refractivity contribution in [3.8, 4) is 0 Å². The Bertz CT molecular complexity index is 1130. The number of aliphatic hydroxyl groups is 11. The van der Waals surface area contributed by atoms with E-state index in [1.165, 1.54) is 6.92 Å². The van der Waals surface area contributed by atoms with Gasteiger partial charge in [0.15, 0.2) is 18.9 Å². The van der Waals surface area contributed by atoms with E-state index in [9.17, 15) is 70.6 Å². The molecule has 0 aromatic heterocycles. The van der Waals surface area contributed by atoms with Crippen molar-refractivity contribution in [2.24, 2.45) is 5.73 Å². The average Bonchev–Trinajstić information content (AvgIpc) is 3.13. The lowest BCUT2D eigenvalue weighted by molar-refractivity contribution is -0.303. The molecule has 3 rings (SSSR count). The van der Waals surface area contributed by atoms with Crippen LogP contribution >= 0.6 is 0 Å². The van der Waals surface area contributed by atoms with E-state index in [0.717, 1.165) is 9.80 Å². The van der Waals surface area contributed by atoms with Crippen LogP contribution in [0, 0.1) is 0 Å². The summed E-state index contributed by atoms with van der Waals surface area (Å²) in [5.41, 5.74) is 5.35. The molecule has 3 saturated heterocycles. The predicted octanol–water partition coefficient (Wildman–Crippen LogP) is -9.80. The highest BCUT2D eigenvalue weighted by molar-refractivity contribution is 5.83. The molecule has 0 radical (unpaired) electrons. The van der Waals surface area contributed by atoms with Crippen LogP contribution in [0.15, 0.2) is 0 Å². The quantitative estimate of drug-likeness (QED) is 0.0509. The van der Waals surface area contributed by atoms with Gasteiger partial charge in [0.1, 0.15) is 67.1 Å². The average molecular weight is 791 g/mol. The molecule has 54 heavy (non-hydrogen) atoms. The lowest BCUT2D eigenvalue weighted by Crippen LogP contribution is -2.59. The number of hydrogen-bond donors (Lipinski definition) is 13. The molecule has 0 aromatic rings. The highest BCUT2D eigenvalue weighted by Gasteiger charge is 2.46. The third kappa shape index (κ3) is 12.6. The Labute approximate surface area is 309 Å².